The number of amides is 1. The average molecular weight is 413 g/mol. The van der Waals surface area contributed by atoms with Crippen molar-refractivity contribution >= 4 is 27.4 Å². The van der Waals surface area contributed by atoms with Gasteiger partial charge in [-0.15, -0.1) is 0 Å². The number of benzene rings is 2. The lowest BCUT2D eigenvalue weighted by atomic mass is 10.2. The van der Waals surface area contributed by atoms with E-state index in [0.717, 1.165) is 24.3 Å². The summed E-state index contributed by atoms with van der Waals surface area (Å²) in [6.45, 7) is 1.77. The Labute approximate surface area is 160 Å². The van der Waals surface area contributed by atoms with Crippen LogP contribution in [0.2, 0.25) is 0 Å². The number of ether oxygens (including phenoxy) is 2. The molecule has 10 heteroatoms. The van der Waals surface area contributed by atoms with E-state index in [-0.39, 0.29) is 5.56 Å². The molecule has 0 saturated carbocycles. The zero-order valence-electron chi connectivity index (χ0n) is 14.7. The predicted octanol–water partition coefficient (Wildman–Crippen LogP) is 2.88. The minimum Gasteiger partial charge on any atom is -0.494 e. The summed E-state index contributed by atoms with van der Waals surface area (Å²) >= 11 is 0. The number of hydrogen-bond donors (Lipinski definition) is 1. The van der Waals surface area contributed by atoms with Crippen molar-refractivity contribution < 1.29 is 36.3 Å². The van der Waals surface area contributed by atoms with E-state index >= 15 is 0 Å². The van der Waals surface area contributed by atoms with Crippen LogP contribution in [-0.2, 0) is 19.4 Å². The average Bonchev–Trinajstić information content (AvgIpc) is 2.68. The maximum Gasteiger partial charge on any atom is 0.341 e. The highest BCUT2D eigenvalue weighted by Gasteiger charge is 2.26. The van der Waals surface area contributed by atoms with Gasteiger partial charge in [-0.1, -0.05) is 0 Å². The van der Waals surface area contributed by atoms with Gasteiger partial charge in [0.05, 0.1) is 17.1 Å². The molecule has 0 atom stereocenters. The van der Waals surface area contributed by atoms with Crippen LogP contribution in [0.5, 0.6) is 5.75 Å². The van der Waals surface area contributed by atoms with Gasteiger partial charge in [0.1, 0.15) is 5.75 Å². The third-order valence-corrected chi connectivity index (χ3v) is 4.83. The van der Waals surface area contributed by atoms with Crippen molar-refractivity contribution in [2.24, 2.45) is 0 Å². The standard InChI is InChI=1S/C18H17F2NO6S/c1-2-26-14-7-5-13(6-8-14)21-16(22)11-27-17(23)12-3-9-15(10-4-12)28(24,25)18(19)20/h3-10,18H,2,11H2,1H3,(H,21,22). The van der Waals surface area contributed by atoms with E-state index in [2.05, 4.69) is 5.32 Å². The largest absolute Gasteiger partial charge is 0.494 e. The first kappa shape index (κ1) is 21.3. The molecular formula is C18H17F2NO6S. The minimum absolute atomic E-state index is 0.0814. The lowest BCUT2D eigenvalue weighted by Crippen LogP contribution is -2.21. The second-order valence-corrected chi connectivity index (χ2v) is 7.33. The Bertz CT molecular complexity index is 928. The Kier molecular flexibility index (Phi) is 7.05. The van der Waals surface area contributed by atoms with E-state index in [9.17, 15) is 26.8 Å². The Morgan fingerprint density at radius 2 is 1.64 bits per heavy atom. The molecule has 0 bridgehead atoms. The minimum atomic E-state index is -4.75. The SMILES string of the molecule is CCOc1ccc(NC(=O)COC(=O)c2ccc(S(=O)(=O)C(F)F)cc2)cc1. The van der Waals surface area contributed by atoms with E-state index in [1.165, 1.54) is 0 Å². The van der Waals surface area contributed by atoms with Crippen molar-refractivity contribution in [1.29, 1.82) is 0 Å². The number of alkyl halides is 2. The van der Waals surface area contributed by atoms with Crippen LogP contribution in [0.1, 0.15) is 17.3 Å². The van der Waals surface area contributed by atoms with Gasteiger partial charge in [0.25, 0.3) is 5.91 Å². The molecule has 150 valence electrons. The van der Waals surface area contributed by atoms with Gasteiger partial charge < -0.3 is 14.8 Å². The van der Waals surface area contributed by atoms with Gasteiger partial charge >= 0.3 is 11.7 Å². The fraction of sp³-hybridized carbons (Fsp3) is 0.222. The smallest absolute Gasteiger partial charge is 0.341 e. The van der Waals surface area contributed by atoms with Gasteiger partial charge in [-0.25, -0.2) is 13.2 Å². The number of anilines is 1. The molecule has 28 heavy (non-hydrogen) atoms. The summed E-state index contributed by atoms with van der Waals surface area (Å²) in [6.07, 6.45) is 0. The zero-order valence-corrected chi connectivity index (χ0v) is 15.5. The third-order valence-electron chi connectivity index (χ3n) is 3.44. The van der Waals surface area contributed by atoms with Crippen molar-refractivity contribution in [3.05, 3.63) is 54.1 Å². The number of sulfone groups is 1. The number of rotatable bonds is 8. The maximum atomic E-state index is 12.5. The van der Waals surface area contributed by atoms with Crippen molar-refractivity contribution in [3.63, 3.8) is 0 Å². The van der Waals surface area contributed by atoms with Crippen molar-refractivity contribution in [3.8, 4) is 5.75 Å². The van der Waals surface area contributed by atoms with Crippen LogP contribution in [0.25, 0.3) is 0 Å². The van der Waals surface area contributed by atoms with E-state index < -0.39 is 39.0 Å². The molecule has 0 saturated heterocycles. The molecule has 7 nitrogen and oxygen atoms in total. The van der Waals surface area contributed by atoms with Crippen LogP contribution in [-0.4, -0.2) is 39.3 Å². The van der Waals surface area contributed by atoms with Crippen molar-refractivity contribution in [1.82, 2.24) is 0 Å². The first-order chi connectivity index (χ1) is 13.2. The van der Waals surface area contributed by atoms with Gasteiger partial charge in [-0.05, 0) is 55.5 Å². The van der Waals surface area contributed by atoms with Crippen LogP contribution in [0.3, 0.4) is 0 Å². The zero-order chi connectivity index (χ0) is 20.7. The fourth-order valence-electron chi connectivity index (χ4n) is 2.10. The van der Waals surface area contributed by atoms with Crippen LogP contribution in [0.15, 0.2) is 53.4 Å². The lowest BCUT2D eigenvalue weighted by Gasteiger charge is -2.08. The number of carbonyl (C=O) groups excluding carboxylic acids is 2. The van der Waals surface area contributed by atoms with E-state index in [1.54, 1.807) is 24.3 Å². The highest BCUT2D eigenvalue weighted by Crippen LogP contribution is 2.19. The molecular weight excluding hydrogens is 396 g/mol. The van der Waals surface area contributed by atoms with Gasteiger partial charge in [0.2, 0.25) is 9.84 Å². The fourth-order valence-corrected chi connectivity index (χ4v) is 2.82. The molecule has 0 aliphatic heterocycles. The number of halogens is 2. The normalized spacial score (nSPS) is 11.1. The Balaban J connectivity index is 1.90. The summed E-state index contributed by atoms with van der Waals surface area (Å²) in [5.74, 6) is -4.40. The molecule has 2 aromatic carbocycles. The van der Waals surface area contributed by atoms with Gasteiger partial charge in [0, 0.05) is 5.69 Å². The molecule has 0 aliphatic carbocycles. The summed E-state index contributed by atoms with van der Waals surface area (Å²) in [5.41, 5.74) is 0.396. The molecule has 2 aromatic rings. The molecule has 0 heterocycles. The molecule has 0 radical (unpaired) electrons. The molecule has 0 unspecified atom stereocenters. The molecule has 1 amide bonds. The van der Waals surface area contributed by atoms with Crippen molar-refractivity contribution in [2.45, 2.75) is 17.6 Å². The second kappa shape index (κ2) is 9.27. The molecule has 0 aromatic heterocycles. The topological polar surface area (TPSA) is 98.8 Å². The second-order valence-electron chi connectivity index (χ2n) is 5.41. The molecule has 1 N–H and O–H groups in total. The maximum absolute atomic E-state index is 12.5. The quantitative estimate of drug-likeness (QED) is 0.668. The molecule has 0 aliphatic rings. The van der Waals surface area contributed by atoms with Crippen LogP contribution >= 0.6 is 0 Å². The van der Waals surface area contributed by atoms with Crippen LogP contribution in [0.4, 0.5) is 14.5 Å². The Morgan fingerprint density at radius 3 is 2.18 bits per heavy atom. The number of hydrogen-bond acceptors (Lipinski definition) is 6. The van der Waals surface area contributed by atoms with Crippen molar-refractivity contribution in [2.75, 3.05) is 18.5 Å². The van der Waals surface area contributed by atoms with Gasteiger partial charge in [-0.3, -0.25) is 4.79 Å². The van der Waals surface area contributed by atoms with Gasteiger partial charge in [0.15, 0.2) is 6.61 Å². The summed E-state index contributed by atoms with van der Waals surface area (Å²) in [5, 5.41) is 2.53. The number of carbonyl (C=O) groups is 2. The molecule has 0 fully saturated rings. The Morgan fingerprint density at radius 1 is 1.04 bits per heavy atom. The first-order valence-corrected chi connectivity index (χ1v) is 9.60. The number of esters is 1. The molecule has 2 rings (SSSR count). The monoisotopic (exact) mass is 413 g/mol. The summed E-state index contributed by atoms with van der Waals surface area (Å²) < 4.78 is 57.7. The van der Waals surface area contributed by atoms with Gasteiger partial charge in [-0.2, -0.15) is 8.78 Å². The third kappa shape index (κ3) is 5.49. The Hall–Kier alpha value is -3.01. The highest BCUT2D eigenvalue weighted by atomic mass is 32.2. The van der Waals surface area contributed by atoms with E-state index in [0.29, 0.717) is 18.0 Å². The molecule has 0 spiro atoms. The van der Waals surface area contributed by atoms with Crippen LogP contribution < -0.4 is 10.1 Å². The first-order valence-electron chi connectivity index (χ1n) is 8.06. The van der Waals surface area contributed by atoms with Crippen LogP contribution in [0, 0.1) is 0 Å². The summed E-state index contributed by atoms with van der Waals surface area (Å²) in [4.78, 5) is 23.1. The van der Waals surface area contributed by atoms with E-state index in [1.807, 2.05) is 6.92 Å². The van der Waals surface area contributed by atoms with E-state index in [4.69, 9.17) is 9.47 Å². The summed E-state index contributed by atoms with van der Waals surface area (Å²) in [7, 11) is -4.75. The lowest BCUT2D eigenvalue weighted by molar-refractivity contribution is -0.119. The highest BCUT2D eigenvalue weighted by molar-refractivity contribution is 7.91. The predicted molar refractivity (Wildman–Crippen MR) is 96.2 cm³/mol. The number of nitrogens with one attached hydrogen (secondary N) is 1. The summed E-state index contributed by atoms with van der Waals surface area (Å²) in [6, 6.07) is 10.4.